The van der Waals surface area contributed by atoms with Gasteiger partial charge in [0, 0.05) is 0 Å². The summed E-state index contributed by atoms with van der Waals surface area (Å²) in [7, 11) is 0. The van der Waals surface area contributed by atoms with Crippen molar-refractivity contribution in [1.82, 2.24) is 0 Å². The summed E-state index contributed by atoms with van der Waals surface area (Å²) < 4.78 is 5.77. The summed E-state index contributed by atoms with van der Waals surface area (Å²) in [5, 5.41) is 18.9. The fourth-order valence-corrected chi connectivity index (χ4v) is 2.37. The number of aromatic hydroxyl groups is 1. The molecule has 0 fully saturated rings. The molecule has 0 amide bonds. The molecule has 2 N–H and O–H groups in total. The van der Waals surface area contributed by atoms with Crippen LogP contribution in [0.4, 0.5) is 0 Å². The van der Waals surface area contributed by atoms with Crippen LogP contribution < -0.4 is 4.74 Å². The molecule has 0 aliphatic rings. The smallest absolute Gasteiger partial charge is 0.336 e. The number of carbonyl (C=O) groups is 1. The molecule has 0 bridgehead atoms. The molecule has 3 aromatic carbocycles. The summed E-state index contributed by atoms with van der Waals surface area (Å²) in [6.07, 6.45) is 1.58. The van der Waals surface area contributed by atoms with E-state index in [0.29, 0.717) is 22.6 Å². The van der Waals surface area contributed by atoms with Crippen molar-refractivity contribution < 1.29 is 19.7 Å². The molecule has 0 radical (unpaired) electrons. The van der Waals surface area contributed by atoms with Gasteiger partial charge >= 0.3 is 5.97 Å². The van der Waals surface area contributed by atoms with Crippen LogP contribution in [0.3, 0.4) is 0 Å². The maximum Gasteiger partial charge on any atom is 0.336 e. The zero-order valence-electron chi connectivity index (χ0n) is 13.3. The van der Waals surface area contributed by atoms with Crippen LogP contribution >= 0.6 is 0 Å². The van der Waals surface area contributed by atoms with Gasteiger partial charge in [0.2, 0.25) is 0 Å². The molecule has 3 aromatic rings. The minimum Gasteiger partial charge on any atom is -0.508 e. The van der Waals surface area contributed by atoms with Crippen molar-refractivity contribution in [2.45, 2.75) is 0 Å². The highest BCUT2D eigenvalue weighted by Crippen LogP contribution is 2.25. The number of phenols is 1. The topological polar surface area (TPSA) is 66.8 Å². The van der Waals surface area contributed by atoms with Gasteiger partial charge in [-0.2, -0.15) is 0 Å². The highest BCUT2D eigenvalue weighted by Gasteiger charge is 2.11. The van der Waals surface area contributed by atoms with E-state index in [1.54, 1.807) is 36.4 Å². The lowest BCUT2D eigenvalue weighted by atomic mass is 10.0. The largest absolute Gasteiger partial charge is 0.508 e. The third kappa shape index (κ3) is 4.26. The Labute approximate surface area is 145 Å². The molecule has 0 atom stereocenters. The second-order valence-electron chi connectivity index (χ2n) is 5.40. The molecule has 4 heteroatoms. The van der Waals surface area contributed by atoms with Crippen molar-refractivity contribution in [3.8, 4) is 17.2 Å². The van der Waals surface area contributed by atoms with Gasteiger partial charge in [-0.25, -0.2) is 4.79 Å². The summed E-state index contributed by atoms with van der Waals surface area (Å²) >= 11 is 0. The first kappa shape index (κ1) is 16.3. The van der Waals surface area contributed by atoms with Crippen LogP contribution in [0.25, 0.3) is 11.6 Å². The van der Waals surface area contributed by atoms with Crippen molar-refractivity contribution in [3.05, 3.63) is 90.0 Å². The fourth-order valence-electron chi connectivity index (χ4n) is 2.37. The number of phenolic OH excluding ortho intramolecular Hbond substituents is 1. The SMILES string of the molecule is O=C(O)/C(=C\c1cccc(Oc2ccccc2)c1)c1ccc(O)cc1. The zero-order valence-corrected chi connectivity index (χ0v) is 13.3. The Kier molecular flexibility index (Phi) is 4.81. The first-order valence-electron chi connectivity index (χ1n) is 7.69. The predicted octanol–water partition coefficient (Wildman–Crippen LogP) is 4.81. The second kappa shape index (κ2) is 7.36. The van der Waals surface area contributed by atoms with Gasteiger partial charge in [-0.05, 0) is 53.6 Å². The molecule has 0 saturated carbocycles. The summed E-state index contributed by atoms with van der Waals surface area (Å²) in [5.74, 6) is 0.378. The van der Waals surface area contributed by atoms with Gasteiger partial charge in [-0.15, -0.1) is 0 Å². The van der Waals surface area contributed by atoms with Gasteiger partial charge in [0.15, 0.2) is 0 Å². The fraction of sp³-hybridized carbons (Fsp3) is 0. The number of hydrogen-bond acceptors (Lipinski definition) is 3. The van der Waals surface area contributed by atoms with Crippen LogP contribution in [-0.4, -0.2) is 16.2 Å². The quantitative estimate of drug-likeness (QED) is 0.520. The first-order chi connectivity index (χ1) is 12.1. The normalized spacial score (nSPS) is 11.1. The highest BCUT2D eigenvalue weighted by atomic mass is 16.5. The number of benzene rings is 3. The van der Waals surface area contributed by atoms with E-state index in [-0.39, 0.29) is 11.3 Å². The number of rotatable bonds is 5. The van der Waals surface area contributed by atoms with Gasteiger partial charge in [0.05, 0.1) is 5.57 Å². The van der Waals surface area contributed by atoms with Gasteiger partial charge in [0.25, 0.3) is 0 Å². The molecule has 25 heavy (non-hydrogen) atoms. The van der Waals surface area contributed by atoms with E-state index in [2.05, 4.69) is 0 Å². The van der Waals surface area contributed by atoms with Crippen molar-refractivity contribution in [1.29, 1.82) is 0 Å². The van der Waals surface area contributed by atoms with E-state index in [4.69, 9.17) is 4.74 Å². The summed E-state index contributed by atoms with van der Waals surface area (Å²) in [6, 6.07) is 22.6. The molecule has 0 heterocycles. The highest BCUT2D eigenvalue weighted by molar-refractivity contribution is 6.20. The number of hydrogen-bond donors (Lipinski definition) is 2. The minimum atomic E-state index is -1.04. The molecular weight excluding hydrogens is 316 g/mol. The van der Waals surface area contributed by atoms with Crippen molar-refractivity contribution >= 4 is 17.6 Å². The van der Waals surface area contributed by atoms with Crippen LogP contribution in [0.15, 0.2) is 78.9 Å². The van der Waals surface area contributed by atoms with E-state index < -0.39 is 5.97 Å². The number of ether oxygens (including phenoxy) is 1. The average molecular weight is 332 g/mol. The predicted molar refractivity (Wildman–Crippen MR) is 96.6 cm³/mol. The lowest BCUT2D eigenvalue weighted by Gasteiger charge is -2.07. The Morgan fingerprint density at radius 2 is 1.52 bits per heavy atom. The van der Waals surface area contributed by atoms with Crippen molar-refractivity contribution in [2.75, 3.05) is 0 Å². The number of aliphatic carboxylic acids is 1. The second-order valence-corrected chi connectivity index (χ2v) is 5.40. The Hall–Kier alpha value is -3.53. The molecule has 0 spiro atoms. The average Bonchev–Trinajstić information content (AvgIpc) is 2.62. The van der Waals surface area contributed by atoms with Crippen LogP contribution in [-0.2, 0) is 4.79 Å². The standard InChI is InChI=1S/C21H16O4/c22-17-11-9-16(10-12-17)20(21(23)24)14-15-5-4-8-19(13-15)25-18-6-2-1-3-7-18/h1-14,22H,(H,23,24)/b20-14-. The third-order valence-electron chi connectivity index (χ3n) is 3.56. The van der Waals surface area contributed by atoms with E-state index in [0.717, 1.165) is 0 Å². The van der Waals surface area contributed by atoms with E-state index >= 15 is 0 Å². The van der Waals surface area contributed by atoms with E-state index in [1.807, 2.05) is 36.4 Å². The van der Waals surface area contributed by atoms with Crippen molar-refractivity contribution in [3.63, 3.8) is 0 Å². The Bertz CT molecular complexity index is 897. The van der Waals surface area contributed by atoms with Crippen LogP contribution in [0.1, 0.15) is 11.1 Å². The van der Waals surface area contributed by atoms with Crippen LogP contribution in [0.5, 0.6) is 17.2 Å². The van der Waals surface area contributed by atoms with Crippen LogP contribution in [0.2, 0.25) is 0 Å². The molecule has 0 aliphatic heterocycles. The lowest BCUT2D eigenvalue weighted by Crippen LogP contribution is -1.99. The van der Waals surface area contributed by atoms with Gasteiger partial charge in [0.1, 0.15) is 17.2 Å². The van der Waals surface area contributed by atoms with E-state index in [9.17, 15) is 15.0 Å². The Morgan fingerprint density at radius 1 is 0.840 bits per heavy atom. The molecular formula is C21H16O4. The molecule has 124 valence electrons. The molecule has 0 saturated heterocycles. The zero-order chi connectivity index (χ0) is 17.6. The van der Waals surface area contributed by atoms with Gasteiger partial charge in [-0.1, -0.05) is 42.5 Å². The third-order valence-corrected chi connectivity index (χ3v) is 3.56. The minimum absolute atomic E-state index is 0.0896. The van der Waals surface area contributed by atoms with Crippen molar-refractivity contribution in [2.24, 2.45) is 0 Å². The van der Waals surface area contributed by atoms with Crippen LogP contribution in [0, 0.1) is 0 Å². The first-order valence-corrected chi connectivity index (χ1v) is 7.69. The monoisotopic (exact) mass is 332 g/mol. The molecule has 0 aliphatic carbocycles. The maximum atomic E-state index is 11.6. The maximum absolute atomic E-state index is 11.6. The number of carboxylic acid groups (broad SMARTS) is 1. The molecule has 0 aromatic heterocycles. The van der Waals surface area contributed by atoms with Gasteiger partial charge in [-0.3, -0.25) is 0 Å². The number of para-hydroxylation sites is 1. The molecule has 3 rings (SSSR count). The lowest BCUT2D eigenvalue weighted by molar-refractivity contribution is -0.130. The van der Waals surface area contributed by atoms with Gasteiger partial charge < -0.3 is 14.9 Å². The summed E-state index contributed by atoms with van der Waals surface area (Å²) in [4.78, 5) is 11.6. The molecule has 0 unspecified atom stereocenters. The number of carboxylic acids is 1. The Balaban J connectivity index is 1.91. The Morgan fingerprint density at radius 3 is 2.20 bits per heavy atom. The summed E-state index contributed by atoms with van der Waals surface area (Å²) in [6.45, 7) is 0. The summed E-state index contributed by atoms with van der Waals surface area (Å²) in [5.41, 5.74) is 1.36. The van der Waals surface area contributed by atoms with E-state index in [1.165, 1.54) is 12.1 Å². The molecule has 4 nitrogen and oxygen atoms in total.